The topological polar surface area (TPSA) is 67.4 Å². The Labute approximate surface area is 126 Å². The summed E-state index contributed by atoms with van der Waals surface area (Å²) in [5, 5.41) is 5.97. The molecule has 0 heterocycles. The molecule has 0 aliphatic carbocycles. The Bertz CT molecular complexity index is 481. The standard InChI is InChI=1S/C16H24N2O3/c1-12-5-7-13(8-6-12)14(19)18-10-9-17-11-16(2,3)15(20)21-4/h5-8,17H,9-11H2,1-4H3,(H,18,19). The number of methoxy groups -OCH3 is 1. The van der Waals surface area contributed by atoms with Gasteiger partial charge in [-0.2, -0.15) is 0 Å². The van der Waals surface area contributed by atoms with Gasteiger partial charge in [-0.15, -0.1) is 0 Å². The molecular formula is C16H24N2O3. The van der Waals surface area contributed by atoms with Crippen molar-refractivity contribution in [3.05, 3.63) is 35.4 Å². The van der Waals surface area contributed by atoms with Gasteiger partial charge in [0.15, 0.2) is 0 Å². The fraction of sp³-hybridized carbons (Fsp3) is 0.500. The van der Waals surface area contributed by atoms with Crippen LogP contribution in [0.3, 0.4) is 0 Å². The quantitative estimate of drug-likeness (QED) is 0.590. The smallest absolute Gasteiger partial charge is 0.312 e. The molecule has 0 unspecified atom stereocenters. The van der Waals surface area contributed by atoms with Gasteiger partial charge >= 0.3 is 5.97 Å². The van der Waals surface area contributed by atoms with E-state index in [0.29, 0.717) is 25.2 Å². The maximum Gasteiger partial charge on any atom is 0.312 e. The molecule has 0 spiro atoms. The predicted octanol–water partition coefficient (Wildman–Crippen LogP) is 1.51. The Morgan fingerprint density at radius 3 is 2.33 bits per heavy atom. The highest BCUT2D eigenvalue weighted by atomic mass is 16.5. The highest BCUT2D eigenvalue weighted by molar-refractivity contribution is 5.94. The molecule has 1 rings (SSSR count). The van der Waals surface area contributed by atoms with Gasteiger partial charge in [0.25, 0.3) is 5.91 Å². The Hall–Kier alpha value is -1.88. The van der Waals surface area contributed by atoms with Crippen LogP contribution in [0.15, 0.2) is 24.3 Å². The van der Waals surface area contributed by atoms with Crippen molar-refractivity contribution < 1.29 is 14.3 Å². The zero-order valence-corrected chi connectivity index (χ0v) is 13.2. The van der Waals surface area contributed by atoms with Crippen LogP contribution in [-0.2, 0) is 9.53 Å². The number of aryl methyl sites for hydroxylation is 1. The molecule has 0 radical (unpaired) electrons. The molecule has 1 aromatic carbocycles. The summed E-state index contributed by atoms with van der Waals surface area (Å²) in [6, 6.07) is 7.43. The molecule has 0 atom stereocenters. The predicted molar refractivity (Wildman–Crippen MR) is 82.2 cm³/mol. The lowest BCUT2D eigenvalue weighted by Crippen LogP contribution is -2.40. The van der Waals surface area contributed by atoms with Crippen molar-refractivity contribution in [3.63, 3.8) is 0 Å². The van der Waals surface area contributed by atoms with Gasteiger partial charge in [-0.1, -0.05) is 17.7 Å². The SMILES string of the molecule is COC(=O)C(C)(C)CNCCNC(=O)c1ccc(C)cc1. The van der Waals surface area contributed by atoms with Crippen molar-refractivity contribution in [2.75, 3.05) is 26.7 Å². The van der Waals surface area contributed by atoms with Gasteiger partial charge in [-0.25, -0.2) is 0 Å². The van der Waals surface area contributed by atoms with Crippen molar-refractivity contribution in [2.45, 2.75) is 20.8 Å². The molecule has 116 valence electrons. The van der Waals surface area contributed by atoms with Crippen molar-refractivity contribution in [2.24, 2.45) is 5.41 Å². The van der Waals surface area contributed by atoms with Crippen LogP contribution in [0.25, 0.3) is 0 Å². The number of rotatable bonds is 7. The maximum atomic E-state index is 11.9. The third-order valence-electron chi connectivity index (χ3n) is 3.21. The van der Waals surface area contributed by atoms with Gasteiger partial charge in [0.05, 0.1) is 12.5 Å². The van der Waals surface area contributed by atoms with Crippen LogP contribution in [0.4, 0.5) is 0 Å². The van der Waals surface area contributed by atoms with Crippen LogP contribution in [0, 0.1) is 12.3 Å². The fourth-order valence-corrected chi connectivity index (χ4v) is 1.82. The van der Waals surface area contributed by atoms with Crippen molar-refractivity contribution in [1.29, 1.82) is 0 Å². The Balaban J connectivity index is 2.27. The molecule has 0 fully saturated rings. The molecule has 0 aromatic heterocycles. The number of carbonyl (C=O) groups excluding carboxylic acids is 2. The van der Waals surface area contributed by atoms with Crippen LogP contribution in [0.5, 0.6) is 0 Å². The minimum absolute atomic E-state index is 0.0935. The maximum absolute atomic E-state index is 11.9. The minimum atomic E-state index is -0.574. The molecule has 0 aliphatic rings. The average molecular weight is 292 g/mol. The van der Waals surface area contributed by atoms with Crippen LogP contribution in [0.2, 0.25) is 0 Å². The Kier molecular flexibility index (Phi) is 6.37. The van der Waals surface area contributed by atoms with E-state index in [0.717, 1.165) is 5.56 Å². The molecule has 0 aliphatic heterocycles. The second-order valence-electron chi connectivity index (χ2n) is 5.67. The summed E-state index contributed by atoms with van der Waals surface area (Å²) in [6.07, 6.45) is 0. The van der Waals surface area contributed by atoms with E-state index in [2.05, 4.69) is 10.6 Å². The summed E-state index contributed by atoms with van der Waals surface area (Å²) in [4.78, 5) is 23.3. The summed E-state index contributed by atoms with van der Waals surface area (Å²) in [7, 11) is 1.38. The number of nitrogens with one attached hydrogen (secondary N) is 2. The molecule has 5 nitrogen and oxygen atoms in total. The minimum Gasteiger partial charge on any atom is -0.469 e. The zero-order valence-electron chi connectivity index (χ0n) is 13.2. The second-order valence-corrected chi connectivity index (χ2v) is 5.67. The number of hydrogen-bond acceptors (Lipinski definition) is 4. The van der Waals surface area contributed by atoms with Crippen molar-refractivity contribution >= 4 is 11.9 Å². The molecule has 21 heavy (non-hydrogen) atoms. The van der Waals surface area contributed by atoms with Crippen LogP contribution in [0.1, 0.15) is 29.8 Å². The van der Waals surface area contributed by atoms with Gasteiger partial charge in [-0.05, 0) is 32.9 Å². The second kappa shape index (κ2) is 7.78. The van der Waals surface area contributed by atoms with E-state index in [9.17, 15) is 9.59 Å². The zero-order chi connectivity index (χ0) is 15.9. The number of carbonyl (C=O) groups is 2. The summed E-state index contributed by atoms with van der Waals surface area (Å²) in [6.45, 7) is 7.21. The first-order chi connectivity index (χ1) is 9.86. The van der Waals surface area contributed by atoms with E-state index in [4.69, 9.17) is 4.74 Å². The lowest BCUT2D eigenvalue weighted by molar-refractivity contribution is -0.150. The molecule has 1 amide bonds. The summed E-state index contributed by atoms with van der Waals surface area (Å²) < 4.78 is 4.73. The third-order valence-corrected chi connectivity index (χ3v) is 3.21. The van der Waals surface area contributed by atoms with E-state index in [1.807, 2.05) is 32.9 Å². The van der Waals surface area contributed by atoms with Crippen LogP contribution >= 0.6 is 0 Å². The van der Waals surface area contributed by atoms with Crippen molar-refractivity contribution in [1.82, 2.24) is 10.6 Å². The molecule has 2 N–H and O–H groups in total. The monoisotopic (exact) mass is 292 g/mol. The van der Waals surface area contributed by atoms with Gasteiger partial charge < -0.3 is 15.4 Å². The highest BCUT2D eigenvalue weighted by Crippen LogP contribution is 2.14. The largest absolute Gasteiger partial charge is 0.469 e. The van der Waals surface area contributed by atoms with Crippen LogP contribution < -0.4 is 10.6 Å². The molecule has 0 saturated carbocycles. The Morgan fingerprint density at radius 2 is 1.76 bits per heavy atom. The first-order valence-electron chi connectivity index (χ1n) is 7.01. The van der Waals surface area contributed by atoms with E-state index < -0.39 is 5.41 Å². The number of esters is 1. The molecule has 0 bridgehead atoms. The van der Waals surface area contributed by atoms with E-state index in [1.165, 1.54) is 7.11 Å². The summed E-state index contributed by atoms with van der Waals surface area (Å²) >= 11 is 0. The molecule has 0 saturated heterocycles. The van der Waals surface area contributed by atoms with E-state index in [1.54, 1.807) is 12.1 Å². The molecule has 1 aromatic rings. The third kappa shape index (κ3) is 5.55. The van der Waals surface area contributed by atoms with Gasteiger partial charge in [0, 0.05) is 25.2 Å². The lowest BCUT2D eigenvalue weighted by Gasteiger charge is -2.21. The van der Waals surface area contributed by atoms with Crippen molar-refractivity contribution in [3.8, 4) is 0 Å². The fourth-order valence-electron chi connectivity index (χ4n) is 1.82. The highest BCUT2D eigenvalue weighted by Gasteiger charge is 2.27. The lowest BCUT2D eigenvalue weighted by atomic mass is 9.94. The van der Waals surface area contributed by atoms with E-state index in [-0.39, 0.29) is 11.9 Å². The van der Waals surface area contributed by atoms with Crippen LogP contribution in [-0.4, -0.2) is 38.6 Å². The number of hydrogen-bond donors (Lipinski definition) is 2. The Morgan fingerprint density at radius 1 is 1.14 bits per heavy atom. The number of amides is 1. The normalized spacial score (nSPS) is 11.0. The first kappa shape index (κ1) is 17.2. The van der Waals surface area contributed by atoms with Gasteiger partial charge in [0.2, 0.25) is 0 Å². The summed E-state index contributed by atoms with van der Waals surface area (Å²) in [5.74, 6) is -0.345. The average Bonchev–Trinajstić information content (AvgIpc) is 2.46. The number of ether oxygens (including phenoxy) is 1. The van der Waals surface area contributed by atoms with Gasteiger partial charge in [0.1, 0.15) is 0 Å². The van der Waals surface area contributed by atoms with E-state index >= 15 is 0 Å². The molecular weight excluding hydrogens is 268 g/mol. The molecule has 5 heteroatoms. The van der Waals surface area contributed by atoms with Gasteiger partial charge in [-0.3, -0.25) is 9.59 Å². The first-order valence-corrected chi connectivity index (χ1v) is 7.01. The number of benzene rings is 1. The summed E-state index contributed by atoms with van der Waals surface area (Å²) in [5.41, 5.74) is 1.20.